The van der Waals surface area contributed by atoms with Gasteiger partial charge in [0.2, 0.25) is 0 Å². The van der Waals surface area contributed by atoms with Gasteiger partial charge >= 0.3 is 0 Å². The van der Waals surface area contributed by atoms with E-state index < -0.39 is 0 Å². The van der Waals surface area contributed by atoms with E-state index in [1.165, 1.54) is 6.07 Å². The van der Waals surface area contributed by atoms with Gasteiger partial charge in [0, 0.05) is 57.7 Å². The fourth-order valence-electron chi connectivity index (χ4n) is 4.10. The van der Waals surface area contributed by atoms with Gasteiger partial charge in [0.15, 0.2) is 11.5 Å². The minimum absolute atomic E-state index is 0.241. The molecule has 0 aliphatic heterocycles. The van der Waals surface area contributed by atoms with Crippen LogP contribution < -0.4 is 5.32 Å². The number of anilines is 1. The van der Waals surface area contributed by atoms with Crippen molar-refractivity contribution in [1.29, 1.82) is 0 Å². The Morgan fingerprint density at radius 2 is 2.00 bits per heavy atom. The first-order valence-electron chi connectivity index (χ1n) is 10.9. The monoisotopic (exact) mass is 469 g/mol. The van der Waals surface area contributed by atoms with E-state index in [0.29, 0.717) is 33.8 Å². The number of hydrogen-bond donors (Lipinski definition) is 3. The fraction of sp³-hybridized carbons (Fsp3) is 0.120. The van der Waals surface area contributed by atoms with E-state index in [9.17, 15) is 0 Å². The smallest absolute Gasteiger partial charge is 0.178 e. The van der Waals surface area contributed by atoms with Gasteiger partial charge in [0.1, 0.15) is 11.5 Å². The molecule has 0 aliphatic rings. The van der Waals surface area contributed by atoms with E-state index in [1.807, 2.05) is 37.4 Å². The molecule has 6 aromatic rings. The molecule has 0 spiro atoms. The molecule has 0 saturated heterocycles. The maximum absolute atomic E-state index is 15.1. The van der Waals surface area contributed by atoms with Gasteiger partial charge in [-0.15, -0.1) is 11.3 Å². The van der Waals surface area contributed by atoms with Crippen molar-refractivity contribution in [3.63, 3.8) is 0 Å². The van der Waals surface area contributed by atoms with E-state index in [1.54, 1.807) is 36.0 Å². The zero-order valence-electron chi connectivity index (χ0n) is 18.4. The second-order valence-electron chi connectivity index (χ2n) is 8.33. The van der Waals surface area contributed by atoms with Crippen LogP contribution in [0.3, 0.4) is 0 Å². The number of aromatic amines is 2. The van der Waals surface area contributed by atoms with Crippen molar-refractivity contribution in [1.82, 2.24) is 30.1 Å². The average Bonchev–Trinajstić information content (AvgIpc) is 3.57. The van der Waals surface area contributed by atoms with Crippen LogP contribution in [0.25, 0.3) is 55.2 Å². The standard InChI is InChI=1S/C25H20FN7S/c1-13(2)29-15-8-14(11-27-12-15)17-9-18-20(10-19(17)26)32-33-23(18)25-30-22-16(21-4-3-7-34-21)5-6-28-24(22)31-25/h3-13,29H,1-2H3,(H,32,33)(H,28,30,31). The molecule has 0 saturated carbocycles. The first-order chi connectivity index (χ1) is 16.6. The molecule has 5 heterocycles. The first-order valence-corrected chi connectivity index (χ1v) is 11.7. The zero-order chi connectivity index (χ0) is 23.2. The lowest BCUT2D eigenvalue weighted by Gasteiger charge is -2.11. The highest BCUT2D eigenvalue weighted by molar-refractivity contribution is 7.13. The molecule has 7 nitrogen and oxygen atoms in total. The number of nitrogens with zero attached hydrogens (tertiary/aromatic N) is 4. The number of rotatable bonds is 5. The van der Waals surface area contributed by atoms with Gasteiger partial charge in [-0.05, 0) is 43.5 Å². The molecule has 9 heteroatoms. The Balaban J connectivity index is 1.48. The summed E-state index contributed by atoms with van der Waals surface area (Å²) in [6, 6.07) is 11.4. The number of aromatic nitrogens is 6. The molecule has 1 aromatic carbocycles. The summed E-state index contributed by atoms with van der Waals surface area (Å²) in [5, 5.41) is 13.5. The van der Waals surface area contributed by atoms with Crippen molar-refractivity contribution in [2.75, 3.05) is 5.32 Å². The summed E-state index contributed by atoms with van der Waals surface area (Å²) in [4.78, 5) is 17.9. The lowest BCUT2D eigenvalue weighted by Crippen LogP contribution is -2.09. The molecule has 6 rings (SSSR count). The van der Waals surface area contributed by atoms with Crippen molar-refractivity contribution in [2.24, 2.45) is 0 Å². The van der Waals surface area contributed by atoms with Crippen LogP contribution in [-0.2, 0) is 0 Å². The van der Waals surface area contributed by atoms with Crippen LogP contribution in [0.1, 0.15) is 13.8 Å². The number of pyridine rings is 2. The van der Waals surface area contributed by atoms with Crippen LogP contribution in [0.4, 0.5) is 10.1 Å². The van der Waals surface area contributed by atoms with Crippen LogP contribution >= 0.6 is 11.3 Å². The van der Waals surface area contributed by atoms with Crippen LogP contribution in [-0.4, -0.2) is 36.2 Å². The number of halogens is 1. The quantitative estimate of drug-likeness (QED) is 0.277. The summed E-state index contributed by atoms with van der Waals surface area (Å²) in [6.07, 6.45) is 5.15. The first kappa shape index (κ1) is 20.5. The highest BCUT2D eigenvalue weighted by Crippen LogP contribution is 2.35. The summed E-state index contributed by atoms with van der Waals surface area (Å²) >= 11 is 1.66. The molecule has 0 unspecified atom stereocenters. The highest BCUT2D eigenvalue weighted by Gasteiger charge is 2.18. The second-order valence-corrected chi connectivity index (χ2v) is 9.28. The number of fused-ring (bicyclic) bond motifs is 2. The Labute approximate surface area is 198 Å². The molecule has 0 atom stereocenters. The minimum atomic E-state index is -0.350. The number of nitrogens with one attached hydrogen (secondary N) is 3. The Morgan fingerprint density at radius 1 is 1.09 bits per heavy atom. The summed E-state index contributed by atoms with van der Waals surface area (Å²) in [6.45, 7) is 4.09. The number of imidazole rings is 1. The molecule has 5 aromatic heterocycles. The Hall–Kier alpha value is -4.11. The molecule has 0 fully saturated rings. The molecular formula is C25H20FN7S. The normalized spacial score (nSPS) is 11.6. The van der Waals surface area contributed by atoms with Crippen molar-refractivity contribution >= 4 is 39.1 Å². The molecule has 3 N–H and O–H groups in total. The predicted octanol–water partition coefficient (Wildman–Crippen LogP) is 6.25. The van der Waals surface area contributed by atoms with Gasteiger partial charge in [-0.2, -0.15) is 5.10 Å². The lowest BCUT2D eigenvalue weighted by atomic mass is 10.0. The Kier molecular flexibility index (Phi) is 4.84. The number of H-pyrrole nitrogens is 2. The largest absolute Gasteiger partial charge is 0.382 e. The van der Waals surface area contributed by atoms with Crippen LogP contribution in [0.2, 0.25) is 0 Å². The van der Waals surface area contributed by atoms with Crippen LogP contribution in [0.15, 0.2) is 60.4 Å². The third kappa shape index (κ3) is 3.50. The molecule has 0 aliphatic carbocycles. The maximum Gasteiger partial charge on any atom is 0.178 e. The third-order valence-corrected chi connectivity index (χ3v) is 6.46. The van der Waals surface area contributed by atoms with Crippen molar-refractivity contribution in [2.45, 2.75) is 19.9 Å². The predicted molar refractivity (Wildman–Crippen MR) is 134 cm³/mol. The van der Waals surface area contributed by atoms with Crippen LogP contribution in [0, 0.1) is 5.82 Å². The fourth-order valence-corrected chi connectivity index (χ4v) is 4.86. The molecule has 0 amide bonds. The maximum atomic E-state index is 15.1. The molecule has 34 heavy (non-hydrogen) atoms. The van der Waals surface area contributed by atoms with Crippen molar-refractivity contribution in [3.8, 4) is 33.1 Å². The molecule has 0 bridgehead atoms. The van der Waals surface area contributed by atoms with E-state index in [2.05, 4.69) is 41.5 Å². The third-order valence-electron chi connectivity index (χ3n) is 5.56. The molecule has 0 radical (unpaired) electrons. The van der Waals surface area contributed by atoms with Crippen molar-refractivity contribution < 1.29 is 4.39 Å². The summed E-state index contributed by atoms with van der Waals surface area (Å²) < 4.78 is 15.1. The Morgan fingerprint density at radius 3 is 2.82 bits per heavy atom. The van der Waals surface area contributed by atoms with E-state index in [4.69, 9.17) is 0 Å². The van der Waals surface area contributed by atoms with Crippen molar-refractivity contribution in [3.05, 3.63) is 66.2 Å². The lowest BCUT2D eigenvalue weighted by molar-refractivity contribution is 0.632. The van der Waals surface area contributed by atoms with Crippen LogP contribution in [0.5, 0.6) is 0 Å². The topological polar surface area (TPSA) is 95.2 Å². The molecular weight excluding hydrogens is 449 g/mol. The van der Waals surface area contributed by atoms with E-state index >= 15 is 4.39 Å². The van der Waals surface area contributed by atoms with E-state index in [-0.39, 0.29) is 11.9 Å². The molecule has 168 valence electrons. The summed E-state index contributed by atoms with van der Waals surface area (Å²) in [7, 11) is 0. The van der Waals surface area contributed by atoms with Gasteiger partial charge in [0.05, 0.1) is 16.7 Å². The SMILES string of the molecule is CC(C)Nc1cncc(-c2cc3c(-c4nc5nccc(-c6cccs6)c5[nH]4)n[nH]c3cc2F)c1. The van der Waals surface area contributed by atoms with E-state index in [0.717, 1.165) is 27.0 Å². The summed E-state index contributed by atoms with van der Waals surface area (Å²) in [5.41, 5.74) is 5.65. The number of benzene rings is 1. The number of thiophene rings is 1. The Bertz CT molecular complexity index is 1630. The average molecular weight is 470 g/mol. The number of hydrogen-bond acceptors (Lipinski definition) is 6. The summed E-state index contributed by atoms with van der Waals surface area (Å²) in [5.74, 6) is 0.223. The zero-order valence-corrected chi connectivity index (χ0v) is 19.2. The van der Waals surface area contributed by atoms with Gasteiger partial charge in [-0.3, -0.25) is 10.1 Å². The van der Waals surface area contributed by atoms with Gasteiger partial charge in [-0.1, -0.05) is 6.07 Å². The minimum Gasteiger partial charge on any atom is -0.382 e. The highest BCUT2D eigenvalue weighted by atomic mass is 32.1. The van der Waals surface area contributed by atoms with Gasteiger partial charge in [-0.25, -0.2) is 14.4 Å². The second kappa shape index (κ2) is 8.03. The van der Waals surface area contributed by atoms with Gasteiger partial charge in [0.25, 0.3) is 0 Å². The van der Waals surface area contributed by atoms with Gasteiger partial charge < -0.3 is 10.3 Å².